The van der Waals surface area contributed by atoms with Crippen molar-refractivity contribution in [3.8, 4) is 11.5 Å². The number of hydrogen-bond acceptors (Lipinski definition) is 5. The molecule has 7 heteroatoms. The van der Waals surface area contributed by atoms with E-state index in [0.29, 0.717) is 34.0 Å². The molecule has 0 saturated carbocycles. The van der Waals surface area contributed by atoms with Gasteiger partial charge in [-0.15, -0.1) is 11.3 Å². The highest BCUT2D eigenvalue weighted by Gasteiger charge is 2.22. The van der Waals surface area contributed by atoms with Crippen molar-refractivity contribution < 1.29 is 19.1 Å². The summed E-state index contributed by atoms with van der Waals surface area (Å²) in [6, 6.07) is 4.91. The van der Waals surface area contributed by atoms with Crippen LogP contribution in [0.5, 0.6) is 11.5 Å². The fourth-order valence-electron chi connectivity index (χ4n) is 2.51. The highest BCUT2D eigenvalue weighted by molar-refractivity contribution is 7.16. The van der Waals surface area contributed by atoms with Crippen LogP contribution in [-0.2, 0) is 6.42 Å². The number of benzene rings is 1. The van der Waals surface area contributed by atoms with Crippen molar-refractivity contribution in [2.24, 2.45) is 5.73 Å². The van der Waals surface area contributed by atoms with Gasteiger partial charge >= 0.3 is 0 Å². The number of amides is 2. The topological polar surface area (TPSA) is 90.7 Å². The van der Waals surface area contributed by atoms with Gasteiger partial charge in [0.15, 0.2) is 0 Å². The Morgan fingerprint density at radius 3 is 2.50 bits per heavy atom. The van der Waals surface area contributed by atoms with E-state index in [2.05, 4.69) is 5.32 Å². The van der Waals surface area contributed by atoms with Gasteiger partial charge in [-0.05, 0) is 31.0 Å². The van der Waals surface area contributed by atoms with Crippen LogP contribution in [0.1, 0.15) is 38.1 Å². The first-order chi connectivity index (χ1) is 11.4. The van der Waals surface area contributed by atoms with Gasteiger partial charge in [-0.3, -0.25) is 9.59 Å². The van der Waals surface area contributed by atoms with Crippen LogP contribution in [0.25, 0.3) is 0 Å². The van der Waals surface area contributed by atoms with Gasteiger partial charge in [0.2, 0.25) is 0 Å². The zero-order valence-corrected chi connectivity index (χ0v) is 14.9. The molecule has 0 aliphatic heterocycles. The van der Waals surface area contributed by atoms with Gasteiger partial charge in [0.25, 0.3) is 11.8 Å². The van der Waals surface area contributed by atoms with Crippen LogP contribution in [0.4, 0.5) is 5.00 Å². The second-order valence-electron chi connectivity index (χ2n) is 5.08. The Morgan fingerprint density at radius 2 is 1.96 bits per heavy atom. The summed E-state index contributed by atoms with van der Waals surface area (Å²) >= 11 is 1.34. The molecule has 0 radical (unpaired) electrons. The first kappa shape index (κ1) is 17.8. The summed E-state index contributed by atoms with van der Waals surface area (Å²) in [7, 11) is 3.01. The van der Waals surface area contributed by atoms with Crippen LogP contribution in [0.15, 0.2) is 18.2 Å². The summed E-state index contributed by atoms with van der Waals surface area (Å²) in [5, 5.41) is 3.23. The fraction of sp³-hybridized carbons (Fsp3) is 0.294. The molecule has 6 nitrogen and oxygen atoms in total. The van der Waals surface area contributed by atoms with E-state index in [1.54, 1.807) is 18.2 Å². The summed E-state index contributed by atoms with van der Waals surface area (Å²) in [4.78, 5) is 25.3. The molecule has 0 spiro atoms. The molecule has 0 aliphatic rings. The smallest absolute Gasteiger partial charge is 0.260 e. The van der Waals surface area contributed by atoms with Crippen molar-refractivity contribution in [2.75, 3.05) is 19.5 Å². The van der Waals surface area contributed by atoms with E-state index in [0.717, 1.165) is 10.4 Å². The molecule has 0 bridgehead atoms. The van der Waals surface area contributed by atoms with E-state index in [1.165, 1.54) is 25.6 Å². The first-order valence-corrected chi connectivity index (χ1v) is 8.20. The van der Waals surface area contributed by atoms with Crippen LogP contribution in [0.2, 0.25) is 0 Å². The monoisotopic (exact) mass is 348 g/mol. The lowest BCUT2D eigenvalue weighted by Crippen LogP contribution is -2.18. The van der Waals surface area contributed by atoms with Crippen molar-refractivity contribution >= 4 is 28.2 Å². The van der Waals surface area contributed by atoms with E-state index in [9.17, 15) is 9.59 Å². The highest BCUT2D eigenvalue weighted by atomic mass is 32.1. The Morgan fingerprint density at radius 1 is 1.25 bits per heavy atom. The van der Waals surface area contributed by atoms with Crippen molar-refractivity contribution in [3.63, 3.8) is 0 Å². The van der Waals surface area contributed by atoms with Crippen LogP contribution < -0.4 is 20.5 Å². The maximum atomic E-state index is 12.6. The largest absolute Gasteiger partial charge is 0.497 e. The van der Waals surface area contributed by atoms with Crippen molar-refractivity contribution in [2.45, 2.75) is 20.3 Å². The number of thiophene rings is 1. The number of primary amides is 1. The highest BCUT2D eigenvalue weighted by Crippen LogP contribution is 2.34. The van der Waals surface area contributed by atoms with Crippen LogP contribution in [-0.4, -0.2) is 26.0 Å². The summed E-state index contributed by atoms with van der Waals surface area (Å²) in [5.74, 6) is 0.0482. The number of rotatable bonds is 6. The zero-order chi connectivity index (χ0) is 17.9. The molecule has 1 aromatic carbocycles. The molecule has 2 rings (SSSR count). The second-order valence-corrected chi connectivity index (χ2v) is 6.30. The summed E-state index contributed by atoms with van der Waals surface area (Å²) < 4.78 is 10.4. The quantitative estimate of drug-likeness (QED) is 0.839. The summed E-state index contributed by atoms with van der Waals surface area (Å²) in [6.45, 7) is 3.85. The molecule has 24 heavy (non-hydrogen) atoms. The minimum absolute atomic E-state index is 0.345. The average Bonchev–Trinajstić information content (AvgIpc) is 2.89. The van der Waals surface area contributed by atoms with E-state index < -0.39 is 5.91 Å². The minimum Gasteiger partial charge on any atom is -0.497 e. The van der Waals surface area contributed by atoms with Gasteiger partial charge in [0.1, 0.15) is 16.5 Å². The third kappa shape index (κ3) is 3.35. The van der Waals surface area contributed by atoms with Crippen molar-refractivity contribution in [1.82, 2.24) is 0 Å². The number of carbonyl (C=O) groups excluding carboxylic acids is 2. The number of nitrogens with one attached hydrogen (secondary N) is 1. The number of carbonyl (C=O) groups is 2. The third-order valence-electron chi connectivity index (χ3n) is 3.69. The third-order valence-corrected chi connectivity index (χ3v) is 4.75. The second kappa shape index (κ2) is 7.35. The van der Waals surface area contributed by atoms with E-state index in [-0.39, 0.29) is 5.91 Å². The van der Waals surface area contributed by atoms with Gasteiger partial charge in [-0.2, -0.15) is 0 Å². The molecule has 3 N–H and O–H groups in total. The lowest BCUT2D eigenvalue weighted by Gasteiger charge is -2.11. The number of hydrogen-bond donors (Lipinski definition) is 2. The molecular weight excluding hydrogens is 328 g/mol. The molecule has 0 aliphatic carbocycles. The SMILES string of the molecule is CCc1c(C)sc(NC(=O)c2ccc(OC)cc2OC)c1C(N)=O. The Hall–Kier alpha value is -2.54. The molecule has 128 valence electrons. The average molecular weight is 348 g/mol. The molecule has 1 heterocycles. The predicted octanol–water partition coefficient (Wildman–Crippen LogP) is 2.99. The van der Waals surface area contributed by atoms with Gasteiger partial charge in [-0.1, -0.05) is 6.92 Å². The van der Waals surface area contributed by atoms with Gasteiger partial charge in [0.05, 0.1) is 25.3 Å². The normalized spacial score (nSPS) is 10.3. The maximum absolute atomic E-state index is 12.6. The van der Waals surface area contributed by atoms with Gasteiger partial charge < -0.3 is 20.5 Å². The number of aryl methyl sites for hydroxylation is 1. The predicted molar refractivity (Wildman–Crippen MR) is 94.5 cm³/mol. The maximum Gasteiger partial charge on any atom is 0.260 e. The van der Waals surface area contributed by atoms with Gasteiger partial charge in [0, 0.05) is 10.9 Å². The first-order valence-electron chi connectivity index (χ1n) is 7.38. The van der Waals surface area contributed by atoms with E-state index >= 15 is 0 Å². The molecule has 0 fully saturated rings. The van der Waals surface area contributed by atoms with E-state index in [1.807, 2.05) is 13.8 Å². The number of anilines is 1. The summed E-state index contributed by atoms with van der Waals surface area (Å²) in [6.07, 6.45) is 0.669. The lowest BCUT2D eigenvalue weighted by atomic mass is 10.1. The Labute approximate surface area is 144 Å². The summed E-state index contributed by atoms with van der Waals surface area (Å²) in [5.41, 5.74) is 7.07. The van der Waals surface area contributed by atoms with Crippen LogP contribution >= 0.6 is 11.3 Å². The number of nitrogens with two attached hydrogens (primary N) is 1. The van der Waals surface area contributed by atoms with Gasteiger partial charge in [-0.25, -0.2) is 0 Å². The molecule has 0 unspecified atom stereocenters. The molecule has 1 aromatic heterocycles. The van der Waals surface area contributed by atoms with Crippen LogP contribution in [0, 0.1) is 6.92 Å². The molecular formula is C17H20N2O4S. The van der Waals surface area contributed by atoms with E-state index in [4.69, 9.17) is 15.2 Å². The van der Waals surface area contributed by atoms with Crippen LogP contribution in [0.3, 0.4) is 0 Å². The van der Waals surface area contributed by atoms with Crippen molar-refractivity contribution in [3.05, 3.63) is 39.8 Å². The Bertz CT molecular complexity index is 783. The molecule has 0 saturated heterocycles. The van der Waals surface area contributed by atoms with Crippen molar-refractivity contribution in [1.29, 1.82) is 0 Å². The molecule has 2 aromatic rings. The standard InChI is InChI=1S/C17H20N2O4S/c1-5-11-9(2)24-17(14(11)15(18)20)19-16(21)12-7-6-10(22-3)8-13(12)23-4/h6-8H,5H2,1-4H3,(H2,18,20)(H,19,21). The Balaban J connectivity index is 2.39. The lowest BCUT2D eigenvalue weighted by molar-refractivity contribution is 0.100. The minimum atomic E-state index is -0.548. The fourth-order valence-corrected chi connectivity index (χ4v) is 3.66. The zero-order valence-electron chi connectivity index (χ0n) is 14.1. The molecule has 0 atom stereocenters. The molecule has 2 amide bonds. The Kier molecular flexibility index (Phi) is 5.46. The number of ether oxygens (including phenoxy) is 2. The number of methoxy groups -OCH3 is 2.